The van der Waals surface area contributed by atoms with Crippen molar-refractivity contribution in [1.29, 1.82) is 5.41 Å². The number of nitrogens with one attached hydrogen (secondary N) is 1. The SMILES string of the molecule is N=C1/C(=C/c2cccn2-c2ccc3ccccc3c2)C(=O)N=C2SC(C(F)(F)F)=NN12. The monoisotopic (exact) mass is 439 g/mol. The van der Waals surface area contributed by atoms with Crippen LogP contribution < -0.4 is 0 Å². The Morgan fingerprint density at radius 2 is 1.81 bits per heavy atom. The highest BCUT2D eigenvalue weighted by Gasteiger charge is 2.46. The summed E-state index contributed by atoms with van der Waals surface area (Å²) in [6.07, 6.45) is -1.44. The summed E-state index contributed by atoms with van der Waals surface area (Å²) in [4.78, 5) is 16.2. The number of amides is 1. The maximum absolute atomic E-state index is 13.0. The lowest BCUT2D eigenvalue weighted by Gasteiger charge is -2.20. The number of aliphatic imine (C=N–C) groups is 1. The normalized spacial score (nSPS) is 17.9. The van der Waals surface area contributed by atoms with Gasteiger partial charge in [0.1, 0.15) is 0 Å². The van der Waals surface area contributed by atoms with E-state index in [-0.39, 0.29) is 22.5 Å². The molecule has 0 fully saturated rings. The molecular formula is C21H12F3N5OS. The van der Waals surface area contributed by atoms with Crippen LogP contribution in [-0.2, 0) is 4.79 Å². The number of alkyl halides is 3. The fourth-order valence-corrected chi connectivity index (χ4v) is 4.09. The fraction of sp³-hybridized carbons (Fsp3) is 0.0476. The highest BCUT2D eigenvalue weighted by atomic mass is 32.2. The van der Waals surface area contributed by atoms with E-state index in [4.69, 9.17) is 5.41 Å². The summed E-state index contributed by atoms with van der Waals surface area (Å²) in [6.45, 7) is 0. The van der Waals surface area contributed by atoms with Crippen molar-refractivity contribution < 1.29 is 18.0 Å². The van der Waals surface area contributed by atoms with Gasteiger partial charge in [0.05, 0.1) is 5.57 Å². The zero-order valence-electron chi connectivity index (χ0n) is 15.6. The number of hydrogen-bond acceptors (Lipinski definition) is 4. The molecule has 3 aromatic rings. The Hall–Kier alpha value is -3.66. The first-order chi connectivity index (χ1) is 14.8. The van der Waals surface area contributed by atoms with E-state index in [9.17, 15) is 18.0 Å². The summed E-state index contributed by atoms with van der Waals surface area (Å²) in [6, 6.07) is 17.3. The van der Waals surface area contributed by atoms with Gasteiger partial charge in [0, 0.05) is 17.6 Å². The predicted molar refractivity (Wildman–Crippen MR) is 114 cm³/mol. The number of rotatable bonds is 2. The molecule has 3 heterocycles. The predicted octanol–water partition coefficient (Wildman–Crippen LogP) is 4.81. The average Bonchev–Trinajstić information content (AvgIpc) is 3.37. The van der Waals surface area contributed by atoms with Crippen LogP contribution in [-0.4, -0.2) is 37.7 Å². The Morgan fingerprint density at radius 3 is 2.58 bits per heavy atom. The summed E-state index contributed by atoms with van der Waals surface area (Å²) in [5.41, 5.74) is 1.27. The number of halogens is 3. The van der Waals surface area contributed by atoms with Gasteiger partial charge in [-0.25, -0.2) is 0 Å². The molecule has 6 nitrogen and oxygen atoms in total. The summed E-state index contributed by atoms with van der Waals surface area (Å²) in [5.74, 6) is -1.23. The number of aromatic nitrogens is 1. The number of carbonyl (C=O) groups is 1. The van der Waals surface area contributed by atoms with Crippen molar-refractivity contribution in [3.63, 3.8) is 0 Å². The molecule has 0 atom stereocenters. The molecule has 0 spiro atoms. The molecule has 0 radical (unpaired) electrons. The maximum atomic E-state index is 13.0. The average molecular weight is 439 g/mol. The Kier molecular flexibility index (Phi) is 4.33. The van der Waals surface area contributed by atoms with Gasteiger partial charge in [0.15, 0.2) is 5.84 Å². The van der Waals surface area contributed by atoms with Crippen molar-refractivity contribution in [2.45, 2.75) is 6.18 Å². The van der Waals surface area contributed by atoms with E-state index in [0.29, 0.717) is 5.69 Å². The van der Waals surface area contributed by atoms with Crippen molar-refractivity contribution in [2.75, 3.05) is 0 Å². The molecule has 1 amide bonds. The molecule has 0 unspecified atom stereocenters. The van der Waals surface area contributed by atoms with Gasteiger partial charge in [0.25, 0.3) is 5.91 Å². The molecule has 2 aliphatic heterocycles. The molecule has 0 bridgehead atoms. The molecule has 31 heavy (non-hydrogen) atoms. The van der Waals surface area contributed by atoms with Gasteiger partial charge < -0.3 is 4.57 Å². The minimum Gasteiger partial charge on any atom is -0.317 e. The third-order valence-corrected chi connectivity index (χ3v) is 5.73. The first-order valence-corrected chi connectivity index (χ1v) is 9.87. The smallest absolute Gasteiger partial charge is 0.317 e. The van der Waals surface area contributed by atoms with Gasteiger partial charge in [-0.15, -0.1) is 0 Å². The Labute approximate surface area is 177 Å². The lowest BCUT2D eigenvalue weighted by molar-refractivity contribution is -0.114. The summed E-state index contributed by atoms with van der Waals surface area (Å²) in [7, 11) is 0. The minimum atomic E-state index is -4.68. The van der Waals surface area contributed by atoms with E-state index in [1.807, 2.05) is 47.0 Å². The lowest BCUT2D eigenvalue weighted by Crippen LogP contribution is -2.35. The molecular weight excluding hydrogens is 427 g/mol. The van der Waals surface area contributed by atoms with Crippen LogP contribution in [0.2, 0.25) is 0 Å². The van der Waals surface area contributed by atoms with Crippen LogP contribution in [0.5, 0.6) is 0 Å². The minimum absolute atomic E-state index is 0.141. The number of fused-ring (bicyclic) bond motifs is 2. The second-order valence-electron chi connectivity index (χ2n) is 6.76. The Bertz CT molecular complexity index is 1350. The first-order valence-electron chi connectivity index (χ1n) is 9.05. The van der Waals surface area contributed by atoms with E-state index in [1.54, 1.807) is 18.3 Å². The number of hydrogen-bond donors (Lipinski definition) is 1. The molecule has 154 valence electrons. The molecule has 2 aromatic carbocycles. The van der Waals surface area contributed by atoms with Crippen LogP contribution in [0.1, 0.15) is 5.69 Å². The molecule has 0 saturated carbocycles. The topological polar surface area (TPSA) is 73.8 Å². The number of amidine groups is 2. The van der Waals surface area contributed by atoms with Crippen molar-refractivity contribution in [1.82, 2.24) is 9.58 Å². The van der Waals surface area contributed by atoms with Gasteiger partial charge in [0.2, 0.25) is 10.2 Å². The van der Waals surface area contributed by atoms with Crippen molar-refractivity contribution in [3.05, 3.63) is 72.1 Å². The highest BCUT2D eigenvalue weighted by Crippen LogP contribution is 2.35. The maximum Gasteiger partial charge on any atom is 0.441 e. The molecule has 0 aliphatic carbocycles. The van der Waals surface area contributed by atoms with Crippen LogP contribution in [0.25, 0.3) is 22.5 Å². The standard InChI is InChI=1S/C21H12F3N5OS/c22-21(23,24)19-27-29-17(25)16(18(30)26-20(29)31-19)11-14-6-3-9-28(14)15-8-7-12-4-1-2-5-13(12)10-15/h1-11,25H/b16-11-,25-17?. The van der Waals surface area contributed by atoms with Crippen LogP contribution in [0.15, 0.2) is 76.5 Å². The van der Waals surface area contributed by atoms with Crippen molar-refractivity contribution in [3.8, 4) is 5.69 Å². The van der Waals surface area contributed by atoms with E-state index in [2.05, 4.69) is 10.1 Å². The highest BCUT2D eigenvalue weighted by molar-refractivity contribution is 8.27. The molecule has 1 aromatic heterocycles. The van der Waals surface area contributed by atoms with Gasteiger partial charge in [-0.2, -0.15) is 28.3 Å². The van der Waals surface area contributed by atoms with E-state index < -0.39 is 23.0 Å². The second-order valence-corrected chi connectivity index (χ2v) is 7.71. The van der Waals surface area contributed by atoms with Crippen LogP contribution in [0, 0.1) is 5.41 Å². The molecule has 10 heteroatoms. The molecule has 5 rings (SSSR count). The zero-order valence-corrected chi connectivity index (χ0v) is 16.4. The number of carbonyl (C=O) groups excluding carboxylic acids is 1. The van der Waals surface area contributed by atoms with E-state index >= 15 is 0 Å². The van der Waals surface area contributed by atoms with Crippen molar-refractivity contribution in [2.24, 2.45) is 10.1 Å². The van der Waals surface area contributed by atoms with Crippen LogP contribution in [0.4, 0.5) is 13.2 Å². The number of benzene rings is 2. The van der Waals surface area contributed by atoms with E-state index in [1.165, 1.54) is 6.08 Å². The van der Waals surface area contributed by atoms with E-state index in [0.717, 1.165) is 21.5 Å². The lowest BCUT2D eigenvalue weighted by atomic mass is 10.1. The zero-order chi connectivity index (χ0) is 21.8. The second kappa shape index (κ2) is 6.95. The third kappa shape index (κ3) is 3.34. The van der Waals surface area contributed by atoms with Gasteiger partial charge >= 0.3 is 6.18 Å². The Balaban J connectivity index is 1.54. The largest absolute Gasteiger partial charge is 0.441 e. The number of nitrogens with zero attached hydrogens (tertiary/aromatic N) is 4. The van der Waals surface area contributed by atoms with Gasteiger partial charge in [-0.05, 0) is 52.9 Å². The quantitative estimate of drug-likeness (QED) is 0.583. The Morgan fingerprint density at radius 1 is 1.03 bits per heavy atom. The summed E-state index contributed by atoms with van der Waals surface area (Å²) < 4.78 is 40.7. The van der Waals surface area contributed by atoms with Crippen LogP contribution in [0.3, 0.4) is 0 Å². The van der Waals surface area contributed by atoms with Crippen LogP contribution >= 0.6 is 11.8 Å². The third-order valence-electron chi connectivity index (χ3n) is 4.78. The summed E-state index contributed by atoms with van der Waals surface area (Å²) >= 11 is 0.227. The molecule has 2 aliphatic rings. The molecule has 1 N–H and O–H groups in total. The fourth-order valence-electron chi connectivity index (χ4n) is 3.33. The first kappa shape index (κ1) is 19.3. The van der Waals surface area contributed by atoms with Gasteiger partial charge in [-0.1, -0.05) is 30.3 Å². The number of hydrazone groups is 1. The van der Waals surface area contributed by atoms with Gasteiger partial charge in [-0.3, -0.25) is 10.2 Å². The van der Waals surface area contributed by atoms with Crippen molar-refractivity contribution >= 4 is 50.6 Å². The molecule has 0 saturated heterocycles. The summed E-state index contributed by atoms with van der Waals surface area (Å²) in [5, 5.41) is 13.1. The number of thioether (sulfide) groups is 1.